The van der Waals surface area contributed by atoms with Crippen LogP contribution in [-0.2, 0) is 17.9 Å². The van der Waals surface area contributed by atoms with Gasteiger partial charge >= 0.3 is 11.4 Å². The Labute approximate surface area is 205 Å². The Morgan fingerprint density at radius 3 is 2.47 bits per heavy atom. The highest BCUT2D eigenvalue weighted by molar-refractivity contribution is 5.97. The lowest BCUT2D eigenvalue weighted by molar-refractivity contribution is -0.117. The number of primary amides is 1. The Bertz CT molecular complexity index is 1510. The molecule has 0 saturated heterocycles. The van der Waals surface area contributed by atoms with Gasteiger partial charge in [0, 0.05) is 5.56 Å². The van der Waals surface area contributed by atoms with Crippen LogP contribution in [0.1, 0.15) is 27.0 Å². The zero-order valence-electron chi connectivity index (χ0n) is 19.4. The van der Waals surface area contributed by atoms with Gasteiger partial charge in [0.2, 0.25) is 5.91 Å². The van der Waals surface area contributed by atoms with Gasteiger partial charge in [0.1, 0.15) is 12.4 Å². The van der Waals surface area contributed by atoms with Crippen LogP contribution in [0.2, 0.25) is 0 Å². The van der Waals surface area contributed by atoms with Crippen LogP contribution in [0.3, 0.4) is 0 Å². The number of hydrogen-bond donors (Lipinski definition) is 3. The van der Waals surface area contributed by atoms with Crippen molar-refractivity contribution in [3.8, 4) is 16.9 Å². The van der Waals surface area contributed by atoms with Crippen LogP contribution in [0, 0.1) is 6.92 Å². The van der Waals surface area contributed by atoms with Crippen molar-refractivity contribution in [2.75, 3.05) is 6.54 Å². The second-order valence-electron chi connectivity index (χ2n) is 8.16. The number of hydrogen-bond acceptors (Lipinski definition) is 6. The minimum absolute atomic E-state index is 0.130. The molecule has 10 heteroatoms. The van der Waals surface area contributed by atoms with Crippen LogP contribution in [0.5, 0.6) is 5.75 Å². The number of ether oxygens (including phenoxy) is 1. The van der Waals surface area contributed by atoms with E-state index < -0.39 is 17.4 Å². The molecular formula is C26H24N4O6. The van der Waals surface area contributed by atoms with E-state index in [1.165, 1.54) is 0 Å². The van der Waals surface area contributed by atoms with Crippen LogP contribution < -0.4 is 27.2 Å². The number of carbonyl (C=O) groups is 2. The number of rotatable bonds is 9. The third-order valence-corrected chi connectivity index (χ3v) is 5.43. The van der Waals surface area contributed by atoms with Crippen molar-refractivity contribution in [1.82, 2.24) is 15.0 Å². The molecule has 0 saturated carbocycles. The average molecular weight is 489 g/mol. The summed E-state index contributed by atoms with van der Waals surface area (Å²) in [5.74, 6) is -1.11. The summed E-state index contributed by atoms with van der Waals surface area (Å²) < 4.78 is 11.6. The molecule has 0 unspecified atom stereocenters. The molecular weight excluding hydrogens is 464 g/mol. The van der Waals surface area contributed by atoms with E-state index in [0.717, 1.165) is 32.6 Å². The van der Waals surface area contributed by atoms with Gasteiger partial charge in [0.15, 0.2) is 0 Å². The number of aromatic amines is 1. The standard InChI is InChI=1S/C26H24N4O6/c1-16-11-20(24(32)28-13-23(27)31)7-10-22(16)19-4-2-3-18(12-19)15-35-21-8-5-17(6-9-21)14-30-25(33)29-26(34)36-30/h2-12H,13-15H2,1H3,(H2,27,31)(H,28,32)(H,29,33,34). The van der Waals surface area contributed by atoms with E-state index in [1.54, 1.807) is 36.4 Å². The Morgan fingerprint density at radius 2 is 1.81 bits per heavy atom. The zero-order chi connectivity index (χ0) is 25.7. The van der Waals surface area contributed by atoms with Crippen molar-refractivity contribution < 1.29 is 18.8 Å². The zero-order valence-corrected chi connectivity index (χ0v) is 19.4. The largest absolute Gasteiger partial charge is 0.489 e. The van der Waals surface area contributed by atoms with E-state index in [-0.39, 0.29) is 19.0 Å². The number of aromatic nitrogens is 2. The maximum absolute atomic E-state index is 12.2. The third kappa shape index (κ3) is 5.98. The fraction of sp³-hybridized carbons (Fsp3) is 0.154. The number of H-pyrrole nitrogens is 1. The first-order chi connectivity index (χ1) is 17.3. The molecule has 0 atom stereocenters. The molecule has 1 heterocycles. The molecule has 0 fully saturated rings. The minimum atomic E-state index is -0.793. The second-order valence-corrected chi connectivity index (χ2v) is 8.16. The first-order valence-corrected chi connectivity index (χ1v) is 11.1. The van der Waals surface area contributed by atoms with Crippen molar-refractivity contribution in [2.24, 2.45) is 5.73 Å². The van der Waals surface area contributed by atoms with Crippen LogP contribution in [0.4, 0.5) is 0 Å². The molecule has 184 valence electrons. The lowest BCUT2D eigenvalue weighted by Gasteiger charge is -2.11. The maximum atomic E-state index is 12.2. The molecule has 0 bridgehead atoms. The third-order valence-electron chi connectivity index (χ3n) is 5.43. The summed E-state index contributed by atoms with van der Waals surface area (Å²) >= 11 is 0. The highest BCUT2D eigenvalue weighted by Gasteiger charge is 2.10. The Hall–Kier alpha value is -4.86. The fourth-order valence-electron chi connectivity index (χ4n) is 3.67. The molecule has 0 aliphatic carbocycles. The number of aryl methyl sites for hydroxylation is 1. The lowest BCUT2D eigenvalue weighted by Crippen LogP contribution is -2.33. The minimum Gasteiger partial charge on any atom is -0.489 e. The monoisotopic (exact) mass is 488 g/mol. The quantitative estimate of drug-likeness (QED) is 0.328. The van der Waals surface area contributed by atoms with E-state index in [9.17, 15) is 19.2 Å². The summed E-state index contributed by atoms with van der Waals surface area (Å²) in [5, 5.41) is 2.48. The molecule has 4 aromatic rings. The van der Waals surface area contributed by atoms with Crippen LogP contribution in [-0.4, -0.2) is 28.1 Å². The molecule has 4 rings (SSSR count). The van der Waals surface area contributed by atoms with E-state index in [4.69, 9.17) is 15.0 Å². The molecule has 4 N–H and O–H groups in total. The SMILES string of the molecule is Cc1cc(C(=O)NCC(N)=O)ccc1-c1cccc(COc2ccc(Cn3oc(=O)[nH]c3=O)cc2)c1. The van der Waals surface area contributed by atoms with E-state index in [1.807, 2.05) is 42.2 Å². The smallest absolute Gasteiger partial charge is 0.440 e. The number of nitrogens with two attached hydrogens (primary N) is 1. The molecule has 2 amide bonds. The van der Waals surface area contributed by atoms with Gasteiger partial charge in [-0.15, -0.1) is 4.74 Å². The molecule has 36 heavy (non-hydrogen) atoms. The summed E-state index contributed by atoms with van der Waals surface area (Å²) in [6.45, 7) is 2.17. The van der Waals surface area contributed by atoms with Gasteiger partial charge in [-0.05, 0) is 65.1 Å². The predicted molar refractivity (Wildman–Crippen MR) is 132 cm³/mol. The molecule has 1 aromatic heterocycles. The van der Waals surface area contributed by atoms with Crippen LogP contribution in [0.15, 0.2) is 80.8 Å². The van der Waals surface area contributed by atoms with Crippen molar-refractivity contribution in [3.05, 3.63) is 110 Å². The summed E-state index contributed by atoms with van der Waals surface area (Å²) in [4.78, 5) is 47.8. The summed E-state index contributed by atoms with van der Waals surface area (Å²) in [5.41, 5.74) is 9.52. The van der Waals surface area contributed by atoms with E-state index in [2.05, 4.69) is 5.32 Å². The number of amides is 2. The van der Waals surface area contributed by atoms with Gasteiger partial charge in [-0.3, -0.25) is 9.59 Å². The number of nitrogens with one attached hydrogen (secondary N) is 2. The van der Waals surface area contributed by atoms with Crippen molar-refractivity contribution in [3.63, 3.8) is 0 Å². The average Bonchev–Trinajstić information content (AvgIpc) is 3.18. The molecule has 0 aliphatic rings. The Morgan fingerprint density at radius 1 is 1.03 bits per heavy atom. The highest BCUT2D eigenvalue weighted by Crippen LogP contribution is 2.26. The molecule has 3 aromatic carbocycles. The van der Waals surface area contributed by atoms with Gasteiger partial charge in [-0.1, -0.05) is 36.4 Å². The van der Waals surface area contributed by atoms with Gasteiger partial charge in [-0.2, -0.15) is 0 Å². The first-order valence-electron chi connectivity index (χ1n) is 11.1. The number of nitrogens with zero attached hydrogens (tertiary/aromatic N) is 1. The summed E-state index contributed by atoms with van der Waals surface area (Å²) in [7, 11) is 0. The Balaban J connectivity index is 1.40. The normalized spacial score (nSPS) is 10.7. The number of carbonyl (C=O) groups excluding carboxylic acids is 2. The molecule has 10 nitrogen and oxygen atoms in total. The van der Waals surface area contributed by atoms with E-state index in [0.29, 0.717) is 17.9 Å². The van der Waals surface area contributed by atoms with Crippen molar-refractivity contribution in [2.45, 2.75) is 20.1 Å². The Kier molecular flexibility index (Phi) is 7.15. The fourth-order valence-corrected chi connectivity index (χ4v) is 3.67. The summed E-state index contributed by atoms with van der Waals surface area (Å²) in [6.07, 6.45) is 0. The summed E-state index contributed by atoms with van der Waals surface area (Å²) in [6, 6.07) is 20.4. The first kappa shape index (κ1) is 24.3. The van der Waals surface area contributed by atoms with E-state index >= 15 is 0 Å². The maximum Gasteiger partial charge on any atom is 0.440 e. The molecule has 0 radical (unpaired) electrons. The van der Waals surface area contributed by atoms with Gasteiger partial charge < -0.3 is 20.3 Å². The van der Waals surface area contributed by atoms with Gasteiger partial charge in [-0.25, -0.2) is 14.6 Å². The lowest BCUT2D eigenvalue weighted by atomic mass is 9.97. The highest BCUT2D eigenvalue weighted by atomic mass is 16.5. The van der Waals surface area contributed by atoms with Gasteiger partial charge in [0.25, 0.3) is 5.91 Å². The topological polar surface area (TPSA) is 149 Å². The predicted octanol–water partition coefficient (Wildman–Crippen LogP) is 1.95. The van der Waals surface area contributed by atoms with Crippen LogP contribution in [0.25, 0.3) is 11.1 Å². The molecule has 0 aliphatic heterocycles. The van der Waals surface area contributed by atoms with Crippen LogP contribution >= 0.6 is 0 Å². The van der Waals surface area contributed by atoms with Crippen molar-refractivity contribution >= 4 is 11.8 Å². The van der Waals surface area contributed by atoms with Crippen molar-refractivity contribution in [1.29, 1.82) is 0 Å². The molecule has 0 spiro atoms. The number of benzene rings is 3. The van der Waals surface area contributed by atoms with Gasteiger partial charge in [0.05, 0.1) is 13.1 Å². The second kappa shape index (κ2) is 10.6.